The Labute approximate surface area is 151 Å². The fraction of sp³-hybridized carbons (Fsp3) is 0.316. The van der Waals surface area contributed by atoms with E-state index in [1.165, 1.54) is 0 Å². The van der Waals surface area contributed by atoms with Crippen molar-refractivity contribution < 1.29 is 14.3 Å². The molecule has 1 N–H and O–H groups in total. The van der Waals surface area contributed by atoms with Crippen molar-refractivity contribution in [3.8, 4) is 5.75 Å². The first-order chi connectivity index (χ1) is 12.5. The molecule has 0 aliphatic carbocycles. The van der Waals surface area contributed by atoms with Gasteiger partial charge in [0.2, 0.25) is 0 Å². The van der Waals surface area contributed by atoms with Crippen molar-refractivity contribution in [2.45, 2.75) is 18.9 Å². The standard InChI is InChI=1S/C19H20N4O3/c1-12-18(24)22(2)16-8-15(5-6-17(16)26-12)21-19(25)23-10-14(11-23)13-4-3-7-20-9-13/h3-9,12,14H,10-11H2,1-2H3,(H,21,25)/t12-/m0/s1. The van der Waals surface area contributed by atoms with Gasteiger partial charge in [0.1, 0.15) is 5.75 Å². The number of carbonyl (C=O) groups excluding carboxylic acids is 2. The SMILES string of the molecule is C[C@@H]1Oc2ccc(NC(=O)N3CC(c4cccnc4)C3)cc2N(C)C1=O. The maximum atomic E-state index is 12.4. The van der Waals surface area contributed by atoms with Crippen LogP contribution in [0.2, 0.25) is 0 Å². The number of urea groups is 1. The maximum Gasteiger partial charge on any atom is 0.321 e. The van der Waals surface area contributed by atoms with E-state index in [0.717, 1.165) is 5.56 Å². The number of fused-ring (bicyclic) bond motifs is 1. The molecule has 0 spiro atoms. The molecule has 7 heteroatoms. The van der Waals surface area contributed by atoms with Crippen molar-refractivity contribution in [1.29, 1.82) is 0 Å². The van der Waals surface area contributed by atoms with E-state index in [-0.39, 0.29) is 11.9 Å². The van der Waals surface area contributed by atoms with Gasteiger partial charge in [-0.15, -0.1) is 0 Å². The largest absolute Gasteiger partial charge is 0.479 e. The van der Waals surface area contributed by atoms with Crippen LogP contribution in [0.25, 0.3) is 0 Å². The summed E-state index contributed by atoms with van der Waals surface area (Å²) in [6.45, 7) is 3.06. The van der Waals surface area contributed by atoms with Gasteiger partial charge in [0.15, 0.2) is 6.10 Å². The Morgan fingerprint density at radius 1 is 1.31 bits per heavy atom. The number of carbonyl (C=O) groups is 2. The van der Waals surface area contributed by atoms with Crippen molar-refractivity contribution in [3.05, 3.63) is 48.3 Å². The molecule has 2 aromatic rings. The molecule has 1 atom stereocenters. The summed E-state index contributed by atoms with van der Waals surface area (Å²) in [5.74, 6) is 0.859. The van der Waals surface area contributed by atoms with Crippen LogP contribution in [-0.4, -0.2) is 48.1 Å². The topological polar surface area (TPSA) is 74.8 Å². The van der Waals surface area contributed by atoms with Gasteiger partial charge in [0.05, 0.1) is 5.69 Å². The predicted octanol–water partition coefficient (Wildman–Crippen LogP) is 2.46. The highest BCUT2D eigenvalue weighted by Crippen LogP contribution is 2.35. The molecule has 0 bridgehead atoms. The number of amides is 3. The number of ether oxygens (including phenoxy) is 1. The van der Waals surface area contributed by atoms with Crippen molar-refractivity contribution in [3.63, 3.8) is 0 Å². The van der Waals surface area contributed by atoms with Gasteiger partial charge in [-0.1, -0.05) is 6.07 Å². The number of nitrogens with one attached hydrogen (secondary N) is 1. The normalized spacial score (nSPS) is 19.5. The number of aromatic nitrogens is 1. The third-order valence-corrected chi connectivity index (χ3v) is 4.88. The zero-order chi connectivity index (χ0) is 18.3. The monoisotopic (exact) mass is 352 g/mol. The second-order valence-corrected chi connectivity index (χ2v) is 6.66. The molecule has 4 rings (SSSR count). The first-order valence-electron chi connectivity index (χ1n) is 8.57. The number of rotatable bonds is 2. The van der Waals surface area contributed by atoms with Gasteiger partial charge in [-0.2, -0.15) is 0 Å². The summed E-state index contributed by atoms with van der Waals surface area (Å²) < 4.78 is 5.60. The van der Waals surface area contributed by atoms with Gasteiger partial charge in [0.25, 0.3) is 5.91 Å². The lowest BCUT2D eigenvalue weighted by atomic mass is 9.93. The van der Waals surface area contributed by atoms with Crippen molar-refractivity contribution in [2.24, 2.45) is 0 Å². The van der Waals surface area contributed by atoms with Crippen LogP contribution in [0.3, 0.4) is 0 Å². The molecular weight excluding hydrogens is 332 g/mol. The molecule has 26 heavy (non-hydrogen) atoms. The quantitative estimate of drug-likeness (QED) is 0.901. The predicted molar refractivity (Wildman–Crippen MR) is 97.5 cm³/mol. The first kappa shape index (κ1) is 16.4. The van der Waals surface area contributed by atoms with E-state index in [1.54, 1.807) is 48.2 Å². The van der Waals surface area contributed by atoms with Gasteiger partial charge in [0, 0.05) is 44.1 Å². The van der Waals surface area contributed by atoms with E-state index >= 15 is 0 Å². The molecular formula is C19H20N4O3. The van der Waals surface area contributed by atoms with E-state index in [9.17, 15) is 9.59 Å². The lowest BCUT2D eigenvalue weighted by molar-refractivity contribution is -0.125. The molecule has 0 saturated carbocycles. The van der Waals surface area contributed by atoms with E-state index in [4.69, 9.17) is 4.74 Å². The fourth-order valence-electron chi connectivity index (χ4n) is 3.26. The molecule has 1 saturated heterocycles. The Hall–Kier alpha value is -3.09. The zero-order valence-corrected chi connectivity index (χ0v) is 14.7. The van der Waals surface area contributed by atoms with Crippen molar-refractivity contribution in [2.75, 3.05) is 30.4 Å². The van der Waals surface area contributed by atoms with Gasteiger partial charge in [-0.25, -0.2) is 4.79 Å². The Morgan fingerprint density at radius 2 is 2.12 bits per heavy atom. The van der Waals surface area contributed by atoms with Crippen molar-refractivity contribution >= 4 is 23.3 Å². The molecule has 3 amide bonds. The second-order valence-electron chi connectivity index (χ2n) is 6.66. The number of pyridine rings is 1. The molecule has 1 aromatic heterocycles. The molecule has 2 aliphatic heterocycles. The van der Waals surface area contributed by atoms with Crippen LogP contribution in [-0.2, 0) is 4.79 Å². The van der Waals surface area contributed by atoms with Gasteiger partial charge < -0.3 is 19.9 Å². The summed E-state index contributed by atoms with van der Waals surface area (Å²) in [5, 5.41) is 2.89. The lowest BCUT2D eigenvalue weighted by Crippen LogP contribution is -2.50. The number of likely N-dealkylation sites (tertiary alicyclic amines) is 1. The molecule has 1 aromatic carbocycles. The molecule has 1 fully saturated rings. The average molecular weight is 352 g/mol. The van der Waals surface area contributed by atoms with Crippen LogP contribution in [0, 0.1) is 0 Å². The molecule has 3 heterocycles. The summed E-state index contributed by atoms with van der Waals surface area (Å²) in [7, 11) is 1.71. The van der Waals surface area contributed by atoms with Crippen LogP contribution in [0.5, 0.6) is 5.75 Å². The smallest absolute Gasteiger partial charge is 0.321 e. The summed E-state index contributed by atoms with van der Waals surface area (Å²) in [6.07, 6.45) is 3.09. The highest BCUT2D eigenvalue weighted by molar-refractivity contribution is 6.00. The van der Waals surface area contributed by atoms with E-state index in [0.29, 0.717) is 36.1 Å². The Balaban J connectivity index is 1.41. The Kier molecular flexibility index (Phi) is 3.99. The van der Waals surface area contributed by atoms with Gasteiger partial charge >= 0.3 is 6.03 Å². The summed E-state index contributed by atoms with van der Waals surface area (Å²) in [5.41, 5.74) is 2.44. The summed E-state index contributed by atoms with van der Waals surface area (Å²) in [6, 6.07) is 9.11. The molecule has 7 nitrogen and oxygen atoms in total. The minimum atomic E-state index is -0.501. The second kappa shape index (κ2) is 6.33. The minimum absolute atomic E-state index is 0.108. The van der Waals surface area contributed by atoms with Crippen LogP contribution >= 0.6 is 0 Å². The average Bonchev–Trinajstić information content (AvgIpc) is 2.60. The highest BCUT2D eigenvalue weighted by Gasteiger charge is 2.32. The number of nitrogens with zero attached hydrogens (tertiary/aromatic N) is 3. The molecule has 2 aliphatic rings. The van der Waals surface area contributed by atoms with Crippen LogP contribution < -0.4 is 15.0 Å². The van der Waals surface area contributed by atoms with Gasteiger partial charge in [-0.05, 0) is 36.8 Å². The van der Waals surface area contributed by atoms with E-state index in [2.05, 4.69) is 10.3 Å². The first-order valence-corrected chi connectivity index (χ1v) is 8.57. The van der Waals surface area contributed by atoms with Crippen LogP contribution in [0.4, 0.5) is 16.2 Å². The van der Waals surface area contributed by atoms with Crippen LogP contribution in [0.15, 0.2) is 42.7 Å². The number of hydrogen-bond acceptors (Lipinski definition) is 4. The lowest BCUT2D eigenvalue weighted by Gasteiger charge is -2.39. The zero-order valence-electron chi connectivity index (χ0n) is 14.7. The fourth-order valence-corrected chi connectivity index (χ4v) is 3.26. The highest BCUT2D eigenvalue weighted by atomic mass is 16.5. The molecule has 134 valence electrons. The molecule has 0 unspecified atom stereocenters. The minimum Gasteiger partial charge on any atom is -0.479 e. The number of anilines is 2. The third kappa shape index (κ3) is 2.85. The number of likely N-dealkylation sites (N-methyl/N-ethyl adjacent to an activating group) is 1. The summed E-state index contributed by atoms with van der Waals surface area (Å²) >= 11 is 0. The maximum absolute atomic E-state index is 12.4. The number of hydrogen-bond donors (Lipinski definition) is 1. The third-order valence-electron chi connectivity index (χ3n) is 4.88. The van der Waals surface area contributed by atoms with E-state index in [1.807, 2.05) is 18.3 Å². The molecule has 0 radical (unpaired) electrons. The Morgan fingerprint density at radius 3 is 2.85 bits per heavy atom. The van der Waals surface area contributed by atoms with Crippen molar-refractivity contribution in [1.82, 2.24) is 9.88 Å². The van der Waals surface area contributed by atoms with Gasteiger partial charge in [-0.3, -0.25) is 9.78 Å². The van der Waals surface area contributed by atoms with E-state index < -0.39 is 6.10 Å². The summed E-state index contributed by atoms with van der Waals surface area (Å²) in [4.78, 5) is 31.9. The Bertz CT molecular complexity index is 849. The number of benzene rings is 1. The van der Waals surface area contributed by atoms with Crippen LogP contribution in [0.1, 0.15) is 18.4 Å².